The third kappa shape index (κ3) is 5.80. The molecule has 1 fully saturated rings. The number of nitrogens with zero attached hydrogens (tertiary/aromatic N) is 4. The molecule has 146 valence electrons. The first kappa shape index (κ1) is 20.4. The van der Waals surface area contributed by atoms with Crippen molar-refractivity contribution in [1.82, 2.24) is 14.9 Å². The first-order valence-corrected chi connectivity index (χ1v) is 10.5. The monoisotopic (exact) mass is 385 g/mol. The van der Waals surface area contributed by atoms with Crippen LogP contribution >= 0.6 is 0 Å². The molecule has 2 heterocycles. The molecule has 10 heteroatoms. The standard InChI is InChI=1S/C16H27N5O4S/c1-4-26(24,25)10-5-13(16(22)23)19-14-11-15(18-12(2)17-14)21-8-6-20(3)7-9-21/h11,13H,4-10H2,1-3H3,(H,22,23)(H,17,18,19). The summed E-state index contributed by atoms with van der Waals surface area (Å²) in [6.07, 6.45) is -0.0155. The van der Waals surface area contributed by atoms with Gasteiger partial charge in [0.1, 0.15) is 33.3 Å². The third-order valence-corrected chi connectivity index (χ3v) is 6.17. The number of likely N-dealkylation sites (N-methyl/N-ethyl adjacent to an activating group) is 1. The number of hydrogen-bond acceptors (Lipinski definition) is 8. The van der Waals surface area contributed by atoms with Crippen LogP contribution in [0.2, 0.25) is 0 Å². The van der Waals surface area contributed by atoms with Crippen molar-refractivity contribution in [2.75, 3.05) is 54.9 Å². The Morgan fingerprint density at radius 3 is 2.54 bits per heavy atom. The lowest BCUT2D eigenvalue weighted by molar-refractivity contribution is -0.137. The fourth-order valence-corrected chi connectivity index (χ4v) is 3.58. The molecule has 0 saturated carbocycles. The Balaban J connectivity index is 2.12. The highest BCUT2D eigenvalue weighted by Gasteiger charge is 2.22. The fraction of sp³-hybridized carbons (Fsp3) is 0.688. The molecule has 1 aliphatic rings. The predicted molar refractivity (Wildman–Crippen MR) is 100 cm³/mol. The van der Waals surface area contributed by atoms with Gasteiger partial charge in [-0.2, -0.15) is 0 Å². The van der Waals surface area contributed by atoms with Gasteiger partial charge >= 0.3 is 5.97 Å². The lowest BCUT2D eigenvalue weighted by Crippen LogP contribution is -2.45. The molecule has 1 aliphatic heterocycles. The van der Waals surface area contributed by atoms with Gasteiger partial charge in [0.2, 0.25) is 0 Å². The number of nitrogens with one attached hydrogen (secondary N) is 1. The van der Waals surface area contributed by atoms with E-state index in [2.05, 4.69) is 32.1 Å². The minimum absolute atomic E-state index is 0.000487. The average molecular weight is 385 g/mol. The molecule has 2 N–H and O–H groups in total. The Morgan fingerprint density at radius 1 is 1.31 bits per heavy atom. The van der Waals surface area contributed by atoms with Gasteiger partial charge in [0.25, 0.3) is 0 Å². The van der Waals surface area contributed by atoms with E-state index in [0.29, 0.717) is 11.6 Å². The first-order valence-electron chi connectivity index (χ1n) is 8.69. The molecule has 0 spiro atoms. The van der Waals surface area contributed by atoms with Gasteiger partial charge in [-0.1, -0.05) is 6.92 Å². The second-order valence-corrected chi connectivity index (χ2v) is 8.98. The molecule has 1 atom stereocenters. The number of rotatable bonds is 8. The van der Waals surface area contributed by atoms with E-state index in [1.807, 2.05) is 0 Å². The molecular weight excluding hydrogens is 358 g/mol. The van der Waals surface area contributed by atoms with Gasteiger partial charge in [-0.25, -0.2) is 23.2 Å². The van der Waals surface area contributed by atoms with Crippen molar-refractivity contribution in [1.29, 1.82) is 0 Å². The quantitative estimate of drug-likeness (QED) is 0.648. The van der Waals surface area contributed by atoms with Crippen molar-refractivity contribution in [3.8, 4) is 0 Å². The number of carboxylic acids is 1. The molecule has 2 rings (SSSR count). The van der Waals surface area contributed by atoms with Crippen molar-refractivity contribution in [3.63, 3.8) is 0 Å². The zero-order valence-electron chi connectivity index (χ0n) is 15.5. The van der Waals surface area contributed by atoms with Crippen molar-refractivity contribution in [2.45, 2.75) is 26.3 Å². The molecule has 1 aromatic rings. The number of anilines is 2. The van der Waals surface area contributed by atoms with Crippen LogP contribution < -0.4 is 10.2 Å². The van der Waals surface area contributed by atoms with Crippen molar-refractivity contribution < 1.29 is 18.3 Å². The highest BCUT2D eigenvalue weighted by Crippen LogP contribution is 2.18. The van der Waals surface area contributed by atoms with Crippen LogP contribution in [0.4, 0.5) is 11.6 Å². The summed E-state index contributed by atoms with van der Waals surface area (Å²) < 4.78 is 23.3. The highest BCUT2D eigenvalue weighted by molar-refractivity contribution is 7.91. The van der Waals surface area contributed by atoms with E-state index in [0.717, 1.165) is 32.0 Å². The van der Waals surface area contributed by atoms with Crippen LogP contribution in [0.5, 0.6) is 0 Å². The number of aliphatic carboxylic acids is 1. The van der Waals surface area contributed by atoms with Gasteiger partial charge < -0.3 is 20.2 Å². The normalized spacial score (nSPS) is 17.1. The summed E-state index contributed by atoms with van der Waals surface area (Å²) in [4.78, 5) is 24.6. The van der Waals surface area contributed by atoms with E-state index < -0.39 is 21.8 Å². The summed E-state index contributed by atoms with van der Waals surface area (Å²) in [6, 6.07) is 0.703. The molecular formula is C16H27N5O4S. The number of aryl methyl sites for hydroxylation is 1. The summed E-state index contributed by atoms with van der Waals surface area (Å²) in [5.74, 6) is 0.400. The van der Waals surface area contributed by atoms with Crippen molar-refractivity contribution in [2.24, 2.45) is 0 Å². The Labute approximate surface area is 154 Å². The smallest absolute Gasteiger partial charge is 0.326 e. The number of aromatic nitrogens is 2. The minimum Gasteiger partial charge on any atom is -0.480 e. The maximum atomic E-state index is 11.7. The summed E-state index contributed by atoms with van der Waals surface area (Å²) in [5.41, 5.74) is 0. The summed E-state index contributed by atoms with van der Waals surface area (Å²) in [5, 5.41) is 12.3. The van der Waals surface area contributed by atoms with E-state index in [1.165, 1.54) is 0 Å². The van der Waals surface area contributed by atoms with Crippen LogP contribution in [0.3, 0.4) is 0 Å². The van der Waals surface area contributed by atoms with Crippen LogP contribution in [0, 0.1) is 6.92 Å². The maximum Gasteiger partial charge on any atom is 0.326 e. The van der Waals surface area contributed by atoms with Crippen molar-refractivity contribution >= 4 is 27.4 Å². The summed E-state index contributed by atoms with van der Waals surface area (Å²) in [7, 11) is -1.16. The third-order valence-electron chi connectivity index (χ3n) is 4.43. The zero-order valence-corrected chi connectivity index (χ0v) is 16.3. The SMILES string of the molecule is CCS(=O)(=O)CCC(Nc1cc(N2CCN(C)CC2)nc(C)n1)C(=O)O. The average Bonchev–Trinajstić information content (AvgIpc) is 2.58. The summed E-state index contributed by atoms with van der Waals surface area (Å²) >= 11 is 0. The second kappa shape index (κ2) is 8.63. The Hall–Kier alpha value is -1.94. The lowest BCUT2D eigenvalue weighted by Gasteiger charge is -2.33. The summed E-state index contributed by atoms with van der Waals surface area (Å²) in [6.45, 7) is 6.83. The van der Waals surface area contributed by atoms with Gasteiger partial charge in [0.15, 0.2) is 0 Å². The minimum atomic E-state index is -3.23. The van der Waals surface area contributed by atoms with Gasteiger partial charge in [-0.05, 0) is 20.4 Å². The van der Waals surface area contributed by atoms with Crippen LogP contribution in [-0.4, -0.2) is 85.1 Å². The van der Waals surface area contributed by atoms with Gasteiger partial charge in [-0.15, -0.1) is 0 Å². The predicted octanol–water partition coefficient (Wildman–Crippen LogP) is 0.227. The number of piperazine rings is 1. The van der Waals surface area contributed by atoms with Crippen LogP contribution in [0.15, 0.2) is 6.07 Å². The largest absolute Gasteiger partial charge is 0.480 e. The van der Waals surface area contributed by atoms with Crippen LogP contribution in [0.25, 0.3) is 0 Å². The molecule has 26 heavy (non-hydrogen) atoms. The van der Waals surface area contributed by atoms with E-state index in [9.17, 15) is 18.3 Å². The van der Waals surface area contributed by atoms with E-state index in [4.69, 9.17) is 0 Å². The molecule has 1 aromatic heterocycles. The second-order valence-electron chi connectivity index (χ2n) is 6.51. The molecule has 0 bridgehead atoms. The fourth-order valence-electron chi connectivity index (χ4n) is 2.70. The topological polar surface area (TPSA) is 116 Å². The van der Waals surface area contributed by atoms with E-state index >= 15 is 0 Å². The van der Waals surface area contributed by atoms with E-state index in [-0.39, 0.29) is 17.9 Å². The zero-order chi connectivity index (χ0) is 19.3. The molecule has 1 unspecified atom stereocenters. The number of sulfone groups is 1. The number of carboxylic acid groups (broad SMARTS) is 1. The molecule has 0 radical (unpaired) electrons. The lowest BCUT2D eigenvalue weighted by atomic mass is 10.2. The van der Waals surface area contributed by atoms with Crippen molar-refractivity contribution in [3.05, 3.63) is 11.9 Å². The molecule has 0 aliphatic carbocycles. The highest BCUT2D eigenvalue weighted by atomic mass is 32.2. The first-order chi connectivity index (χ1) is 12.2. The Bertz CT molecular complexity index is 732. The van der Waals surface area contributed by atoms with Gasteiger partial charge in [-0.3, -0.25) is 0 Å². The Morgan fingerprint density at radius 2 is 1.96 bits per heavy atom. The molecule has 9 nitrogen and oxygen atoms in total. The Kier molecular flexibility index (Phi) is 6.76. The van der Waals surface area contributed by atoms with Crippen LogP contribution in [-0.2, 0) is 14.6 Å². The maximum absolute atomic E-state index is 11.7. The van der Waals surface area contributed by atoms with Crippen LogP contribution in [0.1, 0.15) is 19.2 Å². The number of carbonyl (C=O) groups is 1. The van der Waals surface area contributed by atoms with Gasteiger partial charge in [0.05, 0.1) is 5.75 Å². The number of hydrogen-bond donors (Lipinski definition) is 2. The molecule has 0 aromatic carbocycles. The van der Waals surface area contributed by atoms with Gasteiger partial charge in [0, 0.05) is 38.0 Å². The molecule has 0 amide bonds. The van der Waals surface area contributed by atoms with E-state index in [1.54, 1.807) is 19.9 Å². The molecule has 1 saturated heterocycles.